The number of hydrogen-bond donors (Lipinski definition) is 0. The number of rotatable bonds is 10. The van der Waals surface area contributed by atoms with E-state index in [4.69, 9.17) is 4.43 Å². The van der Waals surface area contributed by atoms with Crippen LogP contribution in [-0.4, -0.2) is 26.1 Å². The van der Waals surface area contributed by atoms with Crippen LogP contribution in [0.2, 0.25) is 19.1 Å². The molecule has 0 rings (SSSR count). The second kappa shape index (κ2) is 9.24. The van der Waals surface area contributed by atoms with E-state index in [2.05, 4.69) is 20.0 Å². The first kappa shape index (κ1) is 18.3. The van der Waals surface area contributed by atoms with Crippen molar-refractivity contribution in [2.75, 3.05) is 0 Å². The zero-order valence-electron chi connectivity index (χ0n) is 13.0. The van der Waals surface area contributed by atoms with Gasteiger partial charge in [-0.05, 0) is 45.8 Å². The van der Waals surface area contributed by atoms with Crippen molar-refractivity contribution in [2.45, 2.75) is 78.1 Å². The fourth-order valence-corrected chi connectivity index (χ4v) is 3.01. The first-order valence-electron chi connectivity index (χ1n) is 7.21. The van der Waals surface area contributed by atoms with E-state index >= 15 is 0 Å². The van der Waals surface area contributed by atoms with E-state index in [1.807, 2.05) is 5.94 Å². The van der Waals surface area contributed by atoms with Crippen LogP contribution in [0.5, 0.6) is 0 Å². The van der Waals surface area contributed by atoms with Crippen LogP contribution < -0.4 is 0 Å². The molecule has 0 aliphatic rings. The Morgan fingerprint density at radius 3 is 2.32 bits per heavy atom. The highest BCUT2D eigenvalue weighted by atomic mass is 28.4. The molecule has 1 unspecified atom stereocenters. The molecule has 0 fully saturated rings. The van der Waals surface area contributed by atoms with Gasteiger partial charge in [-0.2, -0.15) is 0 Å². The fraction of sp³-hybridized carbons (Fsp3) is 0.800. The van der Waals surface area contributed by atoms with Gasteiger partial charge in [-0.3, -0.25) is 0 Å². The van der Waals surface area contributed by atoms with Gasteiger partial charge in [0.2, 0.25) is 0 Å². The van der Waals surface area contributed by atoms with E-state index < -0.39 is 8.32 Å². The molecule has 0 saturated heterocycles. The molecular formula is C15H28O3Si. The van der Waals surface area contributed by atoms with Crippen molar-refractivity contribution >= 4 is 20.0 Å². The van der Waals surface area contributed by atoms with Crippen molar-refractivity contribution in [1.82, 2.24) is 0 Å². The molecule has 0 aromatic carbocycles. The number of hydrogen-bond acceptors (Lipinski definition) is 3. The Hall–Kier alpha value is -0.703. The average Bonchev–Trinajstić information content (AvgIpc) is 2.35. The van der Waals surface area contributed by atoms with Gasteiger partial charge < -0.3 is 9.22 Å². The Morgan fingerprint density at radius 1 is 1.21 bits per heavy atom. The van der Waals surface area contributed by atoms with Crippen LogP contribution in [0.1, 0.15) is 52.9 Å². The van der Waals surface area contributed by atoms with Gasteiger partial charge in [0.1, 0.15) is 11.7 Å². The van der Waals surface area contributed by atoms with Gasteiger partial charge in [-0.1, -0.05) is 19.8 Å². The third-order valence-electron chi connectivity index (χ3n) is 3.45. The highest BCUT2D eigenvalue weighted by Crippen LogP contribution is 2.21. The van der Waals surface area contributed by atoms with E-state index in [1.165, 1.54) is 0 Å². The molecule has 3 nitrogen and oxygen atoms in total. The summed E-state index contributed by atoms with van der Waals surface area (Å²) in [4.78, 5) is 21.7. The summed E-state index contributed by atoms with van der Waals surface area (Å²) in [6, 6.07) is 1.04. The monoisotopic (exact) mass is 284 g/mol. The molecule has 1 atom stereocenters. The molecule has 0 bridgehead atoms. The first-order chi connectivity index (χ1) is 8.82. The van der Waals surface area contributed by atoms with Crippen molar-refractivity contribution in [3.63, 3.8) is 0 Å². The normalized spacial score (nSPS) is 12.9. The quantitative estimate of drug-likeness (QED) is 0.347. The molecule has 19 heavy (non-hydrogen) atoms. The molecule has 0 spiro atoms. The molecule has 0 radical (unpaired) electrons. The summed E-state index contributed by atoms with van der Waals surface area (Å²) in [5.74, 6) is 2.23. The van der Waals surface area contributed by atoms with Crippen LogP contribution in [0.3, 0.4) is 0 Å². The summed E-state index contributed by atoms with van der Waals surface area (Å²) in [6.45, 7) is 9.91. The van der Waals surface area contributed by atoms with Crippen molar-refractivity contribution in [1.29, 1.82) is 0 Å². The molecular weight excluding hydrogens is 256 g/mol. The number of carbonyl (C=O) groups excluding carboxylic acids is 2. The second-order valence-corrected chi connectivity index (χ2v) is 10.3. The molecule has 0 amide bonds. The summed E-state index contributed by atoms with van der Waals surface area (Å²) in [7, 11) is -1.66. The summed E-state index contributed by atoms with van der Waals surface area (Å²) in [5, 5.41) is 0. The zero-order valence-corrected chi connectivity index (χ0v) is 14.0. The van der Waals surface area contributed by atoms with Gasteiger partial charge >= 0.3 is 0 Å². The van der Waals surface area contributed by atoms with E-state index in [-0.39, 0.29) is 11.9 Å². The number of unbranched alkanes of at least 4 members (excludes halogenated alkanes) is 2. The lowest BCUT2D eigenvalue weighted by Crippen LogP contribution is -2.35. The van der Waals surface area contributed by atoms with Gasteiger partial charge in [0.15, 0.2) is 8.32 Å². The van der Waals surface area contributed by atoms with Crippen molar-refractivity contribution < 1.29 is 14.0 Å². The lowest BCUT2D eigenvalue weighted by Gasteiger charge is -2.28. The predicted molar refractivity (Wildman–Crippen MR) is 81.5 cm³/mol. The topological polar surface area (TPSA) is 43.4 Å². The Labute approximate surface area is 118 Å². The molecule has 0 aliphatic heterocycles. The standard InChI is InChI=1S/C15H28O3Si/c1-6-19(4,5)18-15(13(2)12-16)11-9-7-8-10-14(3)17/h15H,6-11H2,1-5H3. The van der Waals surface area contributed by atoms with E-state index in [0.717, 1.165) is 31.7 Å². The van der Waals surface area contributed by atoms with Crippen molar-refractivity contribution in [2.24, 2.45) is 0 Å². The number of ketones is 1. The van der Waals surface area contributed by atoms with Crippen LogP contribution in [-0.2, 0) is 14.0 Å². The molecule has 0 aliphatic carbocycles. The van der Waals surface area contributed by atoms with E-state index in [0.29, 0.717) is 12.0 Å². The van der Waals surface area contributed by atoms with Crippen LogP contribution >= 0.6 is 0 Å². The third kappa shape index (κ3) is 8.92. The predicted octanol–water partition coefficient (Wildman–Crippen LogP) is 3.91. The van der Waals surface area contributed by atoms with Gasteiger partial charge in [0, 0.05) is 12.0 Å². The number of carbonyl (C=O) groups is 1. The van der Waals surface area contributed by atoms with Gasteiger partial charge in [-0.15, -0.1) is 0 Å². The Bertz CT molecular complexity index is 330. The fourth-order valence-electron chi connectivity index (χ4n) is 1.78. The summed E-state index contributed by atoms with van der Waals surface area (Å²) in [6.07, 6.45) is 4.36. The Kier molecular flexibility index (Phi) is 8.90. The van der Waals surface area contributed by atoms with Crippen LogP contribution in [0.15, 0.2) is 5.57 Å². The Morgan fingerprint density at radius 2 is 1.84 bits per heavy atom. The molecule has 0 aromatic heterocycles. The molecule has 110 valence electrons. The van der Waals surface area contributed by atoms with E-state index in [1.54, 1.807) is 13.8 Å². The van der Waals surface area contributed by atoms with Gasteiger partial charge in [-0.25, -0.2) is 4.79 Å². The smallest absolute Gasteiger partial charge is 0.187 e. The summed E-state index contributed by atoms with van der Waals surface area (Å²) < 4.78 is 6.14. The summed E-state index contributed by atoms with van der Waals surface area (Å²) >= 11 is 0. The van der Waals surface area contributed by atoms with Crippen molar-refractivity contribution in [3.8, 4) is 0 Å². The molecule has 0 aromatic rings. The molecule has 0 N–H and O–H groups in total. The van der Waals surface area contributed by atoms with Crippen molar-refractivity contribution in [3.05, 3.63) is 5.57 Å². The van der Waals surface area contributed by atoms with E-state index in [9.17, 15) is 9.59 Å². The maximum absolute atomic E-state index is 10.8. The van der Waals surface area contributed by atoms with Gasteiger partial charge in [0.05, 0.1) is 6.10 Å². The first-order valence-corrected chi connectivity index (χ1v) is 10.3. The van der Waals surface area contributed by atoms with Crippen LogP contribution in [0, 0.1) is 0 Å². The lowest BCUT2D eigenvalue weighted by molar-refractivity contribution is -0.117. The number of Topliss-reactive ketones (excluding diaryl/α,β-unsaturated/α-hetero) is 1. The van der Waals surface area contributed by atoms with Gasteiger partial charge in [0.25, 0.3) is 0 Å². The zero-order chi connectivity index (χ0) is 14.9. The maximum Gasteiger partial charge on any atom is 0.187 e. The summed E-state index contributed by atoms with van der Waals surface area (Å²) in [5.41, 5.74) is 0.667. The maximum atomic E-state index is 10.8. The van der Waals surface area contributed by atoms with Crippen LogP contribution in [0.4, 0.5) is 0 Å². The lowest BCUT2D eigenvalue weighted by atomic mass is 10.0. The average molecular weight is 284 g/mol. The molecule has 0 heterocycles. The highest BCUT2D eigenvalue weighted by molar-refractivity contribution is 6.71. The second-order valence-electron chi connectivity index (χ2n) is 5.81. The molecule has 0 saturated carbocycles. The third-order valence-corrected chi connectivity index (χ3v) is 6.08. The minimum atomic E-state index is -1.66. The molecule has 4 heteroatoms. The Balaban J connectivity index is 4.23. The SMILES string of the molecule is CC[Si](C)(C)OC(CCCCCC(C)=O)C(C)=C=O. The van der Waals surface area contributed by atoms with Crippen LogP contribution in [0.25, 0.3) is 0 Å². The minimum absolute atomic E-state index is 0.0866. The largest absolute Gasteiger partial charge is 0.410 e. The minimum Gasteiger partial charge on any atom is -0.410 e. The highest BCUT2D eigenvalue weighted by Gasteiger charge is 2.25.